The van der Waals surface area contributed by atoms with E-state index in [1.165, 1.54) is 0 Å². The van der Waals surface area contributed by atoms with Gasteiger partial charge in [0.25, 0.3) is 6.64 Å². The molecule has 2 rings (SSSR count). The molecule has 19 heavy (non-hydrogen) atoms. The number of hydrogen-bond acceptors (Lipinski definition) is 4. The molecule has 1 atom stereocenters. The Morgan fingerprint density at radius 1 is 1.05 bits per heavy atom. The van der Waals surface area contributed by atoms with Crippen LogP contribution >= 0.6 is 13.1 Å². The third kappa shape index (κ3) is 5.05. The normalized spacial score (nSPS) is 23.3. The highest BCUT2D eigenvalue weighted by Gasteiger charge is 2.43. The Labute approximate surface area is 123 Å². The van der Waals surface area contributed by atoms with Crippen molar-refractivity contribution in [2.75, 3.05) is 52.5 Å². The molecule has 2 heterocycles. The van der Waals surface area contributed by atoms with Gasteiger partial charge in [-0.25, -0.2) is 14.4 Å². The van der Waals surface area contributed by atoms with Crippen LogP contribution in [0.4, 0.5) is 0 Å². The van der Waals surface area contributed by atoms with Crippen LogP contribution in [0.15, 0.2) is 0 Å². The second-order valence-electron chi connectivity index (χ2n) is 4.34. The fourth-order valence-electron chi connectivity index (χ4n) is 1.61. The topological polar surface area (TPSA) is 79.8 Å². The quantitative estimate of drug-likeness (QED) is 0.232. The smallest absolute Gasteiger partial charge is 0.258 e. The van der Waals surface area contributed by atoms with E-state index in [0.29, 0.717) is 13.2 Å². The van der Waals surface area contributed by atoms with Crippen molar-refractivity contribution in [1.82, 2.24) is 19.5 Å². The van der Waals surface area contributed by atoms with Crippen molar-refractivity contribution in [2.45, 2.75) is 0 Å². The number of nitrogens with one attached hydrogen (secondary N) is 2. The first-order valence-electron chi connectivity index (χ1n) is 6.17. The fraction of sp³-hybridized carbons (Fsp3) is 1.00. The molecule has 0 aromatic carbocycles. The fourth-order valence-corrected chi connectivity index (χ4v) is 6.58. The van der Waals surface area contributed by atoms with Crippen molar-refractivity contribution < 1.29 is 14.5 Å². The summed E-state index contributed by atoms with van der Waals surface area (Å²) in [5.74, 6) is 0. The molecular formula is C8H20N4O3P2S2. The second kappa shape index (κ2) is 6.85. The predicted molar refractivity (Wildman–Crippen MR) is 83.0 cm³/mol. The lowest BCUT2D eigenvalue weighted by molar-refractivity contribution is 0.280. The minimum Gasteiger partial charge on any atom is -0.395 e. The number of aliphatic hydroxyl groups is 1. The lowest BCUT2D eigenvalue weighted by Crippen LogP contribution is -2.25. The van der Waals surface area contributed by atoms with Gasteiger partial charge in [0.05, 0.1) is 13.2 Å². The molecule has 2 aliphatic heterocycles. The third-order valence-corrected chi connectivity index (χ3v) is 9.32. The second-order valence-corrected chi connectivity index (χ2v) is 11.5. The van der Waals surface area contributed by atoms with Crippen molar-refractivity contribution >= 4 is 36.7 Å². The lowest BCUT2D eigenvalue weighted by Gasteiger charge is -2.26. The van der Waals surface area contributed by atoms with Crippen molar-refractivity contribution in [3.05, 3.63) is 0 Å². The zero-order valence-corrected chi connectivity index (χ0v) is 14.0. The molecule has 0 radical (unpaired) electrons. The van der Waals surface area contributed by atoms with Gasteiger partial charge in [0.15, 0.2) is 0 Å². The van der Waals surface area contributed by atoms with E-state index in [4.69, 9.17) is 33.2 Å². The summed E-state index contributed by atoms with van der Waals surface area (Å²) in [7, 11) is 0. The Balaban J connectivity index is 1.68. The van der Waals surface area contributed by atoms with E-state index in [0.717, 1.165) is 26.2 Å². The van der Waals surface area contributed by atoms with E-state index >= 15 is 0 Å². The molecule has 0 bridgehead atoms. The summed E-state index contributed by atoms with van der Waals surface area (Å²) in [6.07, 6.45) is 0. The molecule has 0 aromatic heterocycles. The van der Waals surface area contributed by atoms with Crippen molar-refractivity contribution in [1.29, 1.82) is 0 Å². The third-order valence-electron chi connectivity index (χ3n) is 2.72. The Kier molecular flexibility index (Phi) is 5.91. The van der Waals surface area contributed by atoms with Crippen molar-refractivity contribution in [2.24, 2.45) is 0 Å². The number of aliphatic hydroxyl groups excluding tert-OH is 1. The Bertz CT molecular complexity index is 389. The Hall–Kier alpha value is 1.02. The predicted octanol–water partition coefficient (Wildman–Crippen LogP) is -0.753. The Morgan fingerprint density at radius 3 is 2.11 bits per heavy atom. The molecule has 7 nitrogen and oxygen atoms in total. The van der Waals surface area contributed by atoms with E-state index in [1.54, 1.807) is 0 Å². The van der Waals surface area contributed by atoms with Gasteiger partial charge in [-0.05, 0) is 23.6 Å². The van der Waals surface area contributed by atoms with E-state index in [2.05, 4.69) is 19.5 Å². The van der Waals surface area contributed by atoms with E-state index < -0.39 is 13.1 Å². The maximum Gasteiger partial charge on any atom is 0.258 e. The van der Waals surface area contributed by atoms with Crippen LogP contribution in [0.1, 0.15) is 0 Å². The summed E-state index contributed by atoms with van der Waals surface area (Å²) >= 11 is 10.6. The zero-order valence-electron chi connectivity index (χ0n) is 10.6. The van der Waals surface area contributed by atoms with Crippen LogP contribution < -0.4 is 10.2 Å². The highest BCUT2D eigenvalue weighted by molar-refractivity contribution is 8.11. The minimum atomic E-state index is -2.97. The van der Waals surface area contributed by atoms with Crippen molar-refractivity contribution in [3.63, 3.8) is 0 Å². The highest BCUT2D eigenvalue weighted by Crippen LogP contribution is 2.56. The van der Waals surface area contributed by atoms with Gasteiger partial charge in [0.2, 0.25) is 0 Å². The first kappa shape index (κ1) is 16.4. The van der Waals surface area contributed by atoms with Gasteiger partial charge >= 0.3 is 0 Å². The van der Waals surface area contributed by atoms with Crippen LogP contribution in [-0.2, 0) is 28.1 Å². The van der Waals surface area contributed by atoms with Crippen LogP contribution in [-0.4, -0.2) is 71.8 Å². The van der Waals surface area contributed by atoms with Gasteiger partial charge < -0.3 is 14.5 Å². The number of rotatable bonds is 10. The molecule has 11 heteroatoms. The minimum absolute atomic E-state index is 0.0781. The van der Waals surface area contributed by atoms with Gasteiger partial charge in [0.1, 0.15) is 6.49 Å². The summed E-state index contributed by atoms with van der Waals surface area (Å²) in [6, 6.07) is 0. The van der Waals surface area contributed by atoms with Crippen LogP contribution in [0.25, 0.3) is 0 Å². The largest absolute Gasteiger partial charge is 0.395 e. The van der Waals surface area contributed by atoms with Gasteiger partial charge in [0, 0.05) is 39.3 Å². The van der Waals surface area contributed by atoms with Crippen molar-refractivity contribution in [3.8, 4) is 0 Å². The van der Waals surface area contributed by atoms with Gasteiger partial charge in [-0.3, -0.25) is 5.09 Å². The average Bonchev–Trinajstić information content (AvgIpc) is 3.19. The summed E-state index contributed by atoms with van der Waals surface area (Å²) in [5.41, 5.74) is 0. The van der Waals surface area contributed by atoms with Gasteiger partial charge in [-0.15, -0.1) is 0 Å². The molecule has 2 saturated heterocycles. The first-order chi connectivity index (χ1) is 8.98. The van der Waals surface area contributed by atoms with Crippen LogP contribution in [0, 0.1) is 0 Å². The van der Waals surface area contributed by atoms with Crippen LogP contribution in [0.3, 0.4) is 0 Å². The molecular weight excluding hydrogens is 326 g/mol. The zero-order chi connectivity index (χ0) is 13.9. The monoisotopic (exact) mass is 346 g/mol. The first-order valence-corrected chi connectivity index (χ1v) is 11.6. The van der Waals surface area contributed by atoms with Gasteiger partial charge in [-0.1, -0.05) is 0 Å². The van der Waals surface area contributed by atoms with Crippen LogP contribution in [0.5, 0.6) is 0 Å². The number of hydrogen-bond donors (Lipinski definition) is 4. The molecule has 0 saturated carbocycles. The molecule has 2 aliphatic rings. The summed E-state index contributed by atoms with van der Waals surface area (Å²) < 4.78 is 9.83. The molecule has 0 aromatic rings. The maximum atomic E-state index is 9.73. The lowest BCUT2D eigenvalue weighted by atomic mass is 10.8. The van der Waals surface area contributed by atoms with Gasteiger partial charge in [-0.2, -0.15) is 0 Å². The SMILES string of the molecule is OCCNP(O)(=S)OCCNP(=S)(N1CC1)N1CC1. The van der Waals surface area contributed by atoms with E-state index in [9.17, 15) is 4.89 Å². The van der Waals surface area contributed by atoms with E-state index in [1.807, 2.05) is 0 Å². The maximum absolute atomic E-state index is 9.73. The summed E-state index contributed by atoms with van der Waals surface area (Å²) in [4.78, 5) is 9.73. The molecule has 4 N–H and O–H groups in total. The standard InChI is InChI=1S/C8H20N4O3P2S2/c13-7-1-10-17(14,19)15-8-2-9-16(18,11-3-4-11)12-5-6-12/h13H,1-8H2,(H,9,18)(H2,10,14,19). The number of nitrogens with zero attached hydrogens (tertiary/aromatic N) is 2. The molecule has 1 unspecified atom stereocenters. The van der Waals surface area contributed by atoms with Crippen LogP contribution in [0.2, 0.25) is 0 Å². The molecule has 0 amide bonds. The average molecular weight is 346 g/mol. The summed E-state index contributed by atoms with van der Waals surface area (Å²) in [6.45, 7) is 0.602. The highest BCUT2D eigenvalue weighted by atomic mass is 32.5. The van der Waals surface area contributed by atoms with E-state index in [-0.39, 0.29) is 13.2 Å². The Morgan fingerprint density at radius 2 is 1.63 bits per heavy atom. The molecule has 112 valence electrons. The molecule has 2 fully saturated rings. The summed E-state index contributed by atoms with van der Waals surface area (Å²) in [5, 5.41) is 14.7. The molecule has 0 spiro atoms. The molecule has 0 aliphatic carbocycles.